The Hall–Kier alpha value is -2.64. The lowest BCUT2D eigenvalue weighted by molar-refractivity contribution is 0.0527. The van der Waals surface area contributed by atoms with Crippen molar-refractivity contribution in [2.24, 2.45) is 0 Å². The number of pyridine rings is 1. The van der Waals surface area contributed by atoms with Gasteiger partial charge in [0.25, 0.3) is 5.91 Å². The first-order valence-electron chi connectivity index (χ1n) is 9.61. The summed E-state index contributed by atoms with van der Waals surface area (Å²) in [6, 6.07) is 3.30. The molecular weight excluding hydrogens is 424 g/mol. The maximum atomic E-state index is 13.1. The van der Waals surface area contributed by atoms with Crippen molar-refractivity contribution in [2.45, 2.75) is 41.2 Å². The molecule has 0 saturated carbocycles. The van der Waals surface area contributed by atoms with Gasteiger partial charge in [0.05, 0.1) is 17.7 Å². The van der Waals surface area contributed by atoms with E-state index in [-0.39, 0.29) is 17.6 Å². The van der Waals surface area contributed by atoms with Crippen LogP contribution in [0.25, 0.3) is 10.9 Å². The lowest BCUT2D eigenvalue weighted by Gasteiger charge is -2.14. The Kier molecular flexibility index (Phi) is 6.33. The fourth-order valence-corrected chi connectivity index (χ4v) is 4.59. The molecule has 0 unspecified atom stereocenters. The zero-order valence-corrected chi connectivity index (χ0v) is 19.1. The molecule has 3 rings (SSSR count). The molecule has 0 bridgehead atoms. The molecule has 0 aliphatic heterocycles. The third kappa shape index (κ3) is 3.75. The van der Waals surface area contributed by atoms with Crippen LogP contribution in [0, 0.1) is 20.8 Å². The third-order valence-electron chi connectivity index (χ3n) is 5.10. The number of fused-ring (bicyclic) bond motifs is 1. The third-order valence-corrected chi connectivity index (χ3v) is 6.64. The highest BCUT2D eigenvalue weighted by molar-refractivity contribution is 7.16. The van der Waals surface area contributed by atoms with E-state index in [0.29, 0.717) is 33.0 Å². The minimum Gasteiger partial charge on any atom is -0.462 e. The summed E-state index contributed by atoms with van der Waals surface area (Å²) in [7, 11) is 0. The number of halogens is 1. The van der Waals surface area contributed by atoms with Crippen molar-refractivity contribution in [3.8, 4) is 0 Å². The first-order valence-corrected chi connectivity index (χ1v) is 10.8. The molecule has 30 heavy (non-hydrogen) atoms. The standard InChI is InChI=1S/C22H23ClN2O4S/c1-6-25-10-15(19(26)14-8-9-16(23)12(4)18(14)25)20(27)24-21-17(22(28)29-7-2)11(3)13(5)30-21/h8-10H,6-7H2,1-5H3,(H,24,27). The zero-order valence-electron chi connectivity index (χ0n) is 17.5. The van der Waals surface area contributed by atoms with Crippen LogP contribution < -0.4 is 10.7 Å². The topological polar surface area (TPSA) is 77.4 Å². The summed E-state index contributed by atoms with van der Waals surface area (Å²) >= 11 is 7.51. The number of nitrogens with one attached hydrogen (secondary N) is 1. The molecule has 1 N–H and O–H groups in total. The van der Waals surface area contributed by atoms with Crippen LogP contribution in [0.15, 0.2) is 23.1 Å². The molecule has 8 heteroatoms. The summed E-state index contributed by atoms with van der Waals surface area (Å²) in [6.07, 6.45) is 1.54. The highest BCUT2D eigenvalue weighted by Crippen LogP contribution is 2.33. The van der Waals surface area contributed by atoms with Gasteiger partial charge < -0.3 is 14.6 Å². The average molecular weight is 447 g/mol. The maximum absolute atomic E-state index is 13.1. The van der Waals surface area contributed by atoms with E-state index < -0.39 is 11.9 Å². The first kappa shape index (κ1) is 22.1. The summed E-state index contributed by atoms with van der Waals surface area (Å²) in [6.45, 7) is 9.96. The minimum absolute atomic E-state index is 0.00425. The Morgan fingerprint density at radius 2 is 1.87 bits per heavy atom. The summed E-state index contributed by atoms with van der Waals surface area (Å²) < 4.78 is 6.97. The molecule has 1 aromatic carbocycles. The Balaban J connectivity index is 2.11. The van der Waals surface area contributed by atoms with E-state index in [1.54, 1.807) is 32.2 Å². The highest BCUT2D eigenvalue weighted by Gasteiger charge is 2.24. The summed E-state index contributed by atoms with van der Waals surface area (Å²) in [5.74, 6) is -1.06. The van der Waals surface area contributed by atoms with Crippen molar-refractivity contribution in [3.05, 3.63) is 60.7 Å². The molecule has 6 nitrogen and oxygen atoms in total. The predicted molar refractivity (Wildman–Crippen MR) is 121 cm³/mol. The van der Waals surface area contributed by atoms with Gasteiger partial charge in [0, 0.05) is 28.0 Å². The number of ether oxygens (including phenoxy) is 1. The highest BCUT2D eigenvalue weighted by atomic mass is 35.5. The van der Waals surface area contributed by atoms with Gasteiger partial charge >= 0.3 is 5.97 Å². The second-order valence-electron chi connectivity index (χ2n) is 6.89. The van der Waals surface area contributed by atoms with Gasteiger partial charge in [-0.2, -0.15) is 0 Å². The van der Waals surface area contributed by atoms with Crippen LogP contribution in [-0.4, -0.2) is 23.1 Å². The molecular formula is C22H23ClN2O4S. The normalized spacial score (nSPS) is 11.0. The van der Waals surface area contributed by atoms with Crippen molar-refractivity contribution in [1.29, 1.82) is 0 Å². The largest absolute Gasteiger partial charge is 0.462 e. The number of carbonyl (C=O) groups is 2. The number of esters is 1. The van der Waals surface area contributed by atoms with Gasteiger partial charge in [-0.25, -0.2) is 4.79 Å². The molecule has 1 amide bonds. The van der Waals surface area contributed by atoms with E-state index in [2.05, 4.69) is 5.32 Å². The molecule has 3 aromatic rings. The van der Waals surface area contributed by atoms with Crippen LogP contribution >= 0.6 is 22.9 Å². The maximum Gasteiger partial charge on any atom is 0.341 e. The molecule has 0 radical (unpaired) electrons. The first-order chi connectivity index (χ1) is 14.2. The number of aryl methyl sites for hydroxylation is 3. The molecule has 2 heterocycles. The number of amides is 1. The molecule has 2 aromatic heterocycles. The van der Waals surface area contributed by atoms with Crippen LogP contribution in [0.3, 0.4) is 0 Å². The van der Waals surface area contributed by atoms with Crippen molar-refractivity contribution in [1.82, 2.24) is 4.57 Å². The summed E-state index contributed by atoms with van der Waals surface area (Å²) in [4.78, 5) is 39.4. The van der Waals surface area contributed by atoms with Crippen LogP contribution in [0.2, 0.25) is 5.02 Å². The Morgan fingerprint density at radius 3 is 2.50 bits per heavy atom. The van der Waals surface area contributed by atoms with Gasteiger partial charge in [0.15, 0.2) is 0 Å². The lowest BCUT2D eigenvalue weighted by Crippen LogP contribution is -2.24. The van der Waals surface area contributed by atoms with Gasteiger partial charge in [-0.3, -0.25) is 9.59 Å². The fourth-order valence-electron chi connectivity index (χ4n) is 3.40. The summed E-state index contributed by atoms with van der Waals surface area (Å²) in [5.41, 5.74) is 2.20. The number of aromatic nitrogens is 1. The number of rotatable bonds is 5. The minimum atomic E-state index is -0.566. The van der Waals surface area contributed by atoms with Crippen LogP contribution in [0.5, 0.6) is 0 Å². The number of hydrogen-bond donors (Lipinski definition) is 1. The molecule has 0 atom stereocenters. The van der Waals surface area contributed by atoms with E-state index >= 15 is 0 Å². The molecule has 0 spiro atoms. The van der Waals surface area contributed by atoms with Crippen LogP contribution in [0.4, 0.5) is 5.00 Å². The lowest BCUT2D eigenvalue weighted by atomic mass is 10.1. The van der Waals surface area contributed by atoms with Crippen LogP contribution in [0.1, 0.15) is 50.6 Å². The predicted octanol–water partition coefficient (Wildman–Crippen LogP) is 5.09. The smallest absolute Gasteiger partial charge is 0.341 e. The quantitative estimate of drug-likeness (QED) is 0.553. The van der Waals surface area contributed by atoms with E-state index in [9.17, 15) is 14.4 Å². The monoisotopic (exact) mass is 446 g/mol. The second-order valence-corrected chi connectivity index (χ2v) is 8.52. The van der Waals surface area contributed by atoms with E-state index in [1.807, 2.05) is 25.3 Å². The van der Waals surface area contributed by atoms with E-state index in [0.717, 1.165) is 16.0 Å². The SMILES string of the molecule is CCOC(=O)c1c(NC(=O)c2cn(CC)c3c(C)c(Cl)ccc3c2=O)sc(C)c1C. The van der Waals surface area contributed by atoms with E-state index in [1.165, 1.54) is 11.3 Å². The van der Waals surface area contributed by atoms with Crippen molar-refractivity contribution in [2.75, 3.05) is 11.9 Å². The zero-order chi connectivity index (χ0) is 22.2. The fraction of sp³-hybridized carbons (Fsp3) is 0.318. The summed E-state index contributed by atoms with van der Waals surface area (Å²) in [5, 5.41) is 4.11. The molecule has 0 fully saturated rings. The van der Waals surface area contributed by atoms with Gasteiger partial charge in [-0.05, 0) is 57.9 Å². The van der Waals surface area contributed by atoms with E-state index in [4.69, 9.17) is 16.3 Å². The average Bonchev–Trinajstić information content (AvgIpc) is 2.98. The molecule has 0 aliphatic carbocycles. The number of hydrogen-bond acceptors (Lipinski definition) is 5. The van der Waals surface area contributed by atoms with Crippen molar-refractivity contribution >= 4 is 50.7 Å². The number of thiophene rings is 1. The Labute approximate surface area is 183 Å². The molecule has 158 valence electrons. The van der Waals surface area contributed by atoms with Crippen LogP contribution in [-0.2, 0) is 11.3 Å². The van der Waals surface area contributed by atoms with Gasteiger partial charge in [-0.1, -0.05) is 11.6 Å². The van der Waals surface area contributed by atoms with Crippen molar-refractivity contribution < 1.29 is 14.3 Å². The molecule has 0 aliphatic rings. The van der Waals surface area contributed by atoms with Gasteiger partial charge in [-0.15, -0.1) is 11.3 Å². The Bertz CT molecular complexity index is 1230. The van der Waals surface area contributed by atoms with Gasteiger partial charge in [0.1, 0.15) is 10.6 Å². The van der Waals surface area contributed by atoms with Gasteiger partial charge in [0.2, 0.25) is 5.43 Å². The number of carbonyl (C=O) groups excluding carboxylic acids is 2. The van der Waals surface area contributed by atoms with Crippen molar-refractivity contribution in [3.63, 3.8) is 0 Å². The number of anilines is 1. The Morgan fingerprint density at radius 1 is 1.17 bits per heavy atom. The molecule has 0 saturated heterocycles. The second kappa shape index (κ2) is 8.62. The number of nitrogens with zero attached hydrogens (tertiary/aromatic N) is 1. The number of benzene rings is 1.